The molecule has 0 radical (unpaired) electrons. The summed E-state index contributed by atoms with van der Waals surface area (Å²) in [6, 6.07) is 16.5. The predicted molar refractivity (Wildman–Crippen MR) is 119 cm³/mol. The molecule has 0 saturated carbocycles. The van der Waals surface area contributed by atoms with Gasteiger partial charge in [-0.3, -0.25) is 14.6 Å². The molecule has 5 rings (SSSR count). The van der Waals surface area contributed by atoms with E-state index in [9.17, 15) is 9.59 Å². The number of carbonyl (C=O) groups is 1. The zero-order chi connectivity index (χ0) is 21.4. The van der Waals surface area contributed by atoms with Crippen LogP contribution >= 0.6 is 11.6 Å². The van der Waals surface area contributed by atoms with Gasteiger partial charge in [-0.2, -0.15) is 10.1 Å². The number of nitrogens with one attached hydrogen (secondary N) is 1. The van der Waals surface area contributed by atoms with E-state index in [0.717, 1.165) is 5.69 Å². The lowest BCUT2D eigenvalue weighted by atomic mass is 10.2. The minimum absolute atomic E-state index is 0.0544. The number of carbonyl (C=O) groups excluding carboxylic acids is 1. The molecule has 8 nitrogen and oxygen atoms in total. The van der Waals surface area contributed by atoms with Crippen LogP contribution in [0, 0.1) is 0 Å². The fourth-order valence-electron chi connectivity index (χ4n) is 3.74. The van der Waals surface area contributed by atoms with Crippen molar-refractivity contribution in [3.05, 3.63) is 81.7 Å². The first-order valence-corrected chi connectivity index (χ1v) is 10.3. The third kappa shape index (κ3) is 3.66. The molecule has 156 valence electrons. The molecule has 0 bridgehead atoms. The monoisotopic (exact) mass is 434 g/mol. The molecule has 0 spiro atoms. The maximum Gasteiger partial charge on any atom is 0.263 e. The third-order valence-electron chi connectivity index (χ3n) is 5.36. The number of hydrogen-bond acceptors (Lipinski definition) is 5. The van der Waals surface area contributed by atoms with Gasteiger partial charge in [-0.15, -0.1) is 0 Å². The molecule has 4 aromatic rings. The van der Waals surface area contributed by atoms with Crippen molar-refractivity contribution >= 4 is 34.5 Å². The number of rotatable bonds is 3. The summed E-state index contributed by atoms with van der Waals surface area (Å²) in [5, 5.41) is 5.31. The number of benzene rings is 2. The number of nitrogens with zero attached hydrogens (tertiary/aromatic N) is 5. The van der Waals surface area contributed by atoms with Crippen molar-refractivity contribution in [1.82, 2.24) is 24.6 Å². The van der Waals surface area contributed by atoms with Crippen molar-refractivity contribution in [2.75, 3.05) is 31.1 Å². The Morgan fingerprint density at radius 2 is 1.77 bits per heavy atom. The standard InChI is InChI=1S/C22H19ClN6O2/c23-16-6-4-5-15(13-16)21(31)27-9-11-28(12-10-27)22-25-19-18(20(30)26-22)14-24-29(19)17-7-2-1-3-8-17/h1-8,13-14H,9-12H2,(H,25,26,30). The molecule has 9 heteroatoms. The quantitative estimate of drug-likeness (QED) is 0.535. The Morgan fingerprint density at radius 3 is 2.52 bits per heavy atom. The number of piperazine rings is 1. The van der Waals surface area contributed by atoms with Gasteiger partial charge in [-0.05, 0) is 30.3 Å². The number of H-pyrrole nitrogens is 1. The predicted octanol–water partition coefficient (Wildman–Crippen LogP) is 2.72. The van der Waals surface area contributed by atoms with Crippen LogP contribution in [-0.4, -0.2) is 56.7 Å². The first kappa shape index (κ1) is 19.3. The zero-order valence-electron chi connectivity index (χ0n) is 16.5. The fraction of sp³-hybridized carbons (Fsp3) is 0.182. The van der Waals surface area contributed by atoms with Crippen molar-refractivity contribution in [2.45, 2.75) is 0 Å². The Kier molecular flexibility index (Phi) is 4.91. The van der Waals surface area contributed by atoms with Crippen LogP contribution in [-0.2, 0) is 0 Å². The number of anilines is 1. The van der Waals surface area contributed by atoms with Crippen LogP contribution in [0.1, 0.15) is 10.4 Å². The molecule has 0 atom stereocenters. The van der Waals surface area contributed by atoms with Gasteiger partial charge in [0.05, 0.1) is 11.9 Å². The summed E-state index contributed by atoms with van der Waals surface area (Å²) in [5.74, 6) is 0.422. The van der Waals surface area contributed by atoms with E-state index in [0.29, 0.717) is 53.7 Å². The van der Waals surface area contributed by atoms with Crippen LogP contribution in [0.5, 0.6) is 0 Å². The van der Waals surface area contributed by atoms with E-state index in [1.165, 1.54) is 6.20 Å². The first-order chi connectivity index (χ1) is 15.1. The van der Waals surface area contributed by atoms with Gasteiger partial charge in [-0.1, -0.05) is 35.9 Å². The Labute approximate surface area is 182 Å². The van der Waals surface area contributed by atoms with Crippen LogP contribution in [0.2, 0.25) is 5.02 Å². The van der Waals surface area contributed by atoms with Crippen LogP contribution in [0.4, 0.5) is 5.95 Å². The van der Waals surface area contributed by atoms with Gasteiger partial charge in [0.2, 0.25) is 5.95 Å². The maximum atomic E-state index is 12.8. The van der Waals surface area contributed by atoms with Crippen LogP contribution < -0.4 is 10.5 Å². The molecule has 1 saturated heterocycles. The largest absolute Gasteiger partial charge is 0.339 e. The lowest BCUT2D eigenvalue weighted by Crippen LogP contribution is -2.49. The Hall–Kier alpha value is -3.65. The van der Waals surface area contributed by atoms with E-state index in [4.69, 9.17) is 11.6 Å². The smallest absolute Gasteiger partial charge is 0.263 e. The summed E-state index contributed by atoms with van der Waals surface area (Å²) in [4.78, 5) is 36.7. The molecule has 1 amide bonds. The molecule has 1 fully saturated rings. The van der Waals surface area contributed by atoms with Crippen LogP contribution in [0.3, 0.4) is 0 Å². The third-order valence-corrected chi connectivity index (χ3v) is 5.60. The number of halogens is 1. The molecule has 3 heterocycles. The average Bonchev–Trinajstić information content (AvgIpc) is 3.24. The number of para-hydroxylation sites is 1. The van der Waals surface area contributed by atoms with Gasteiger partial charge >= 0.3 is 0 Å². The molecule has 0 unspecified atom stereocenters. The van der Waals surface area contributed by atoms with Gasteiger partial charge in [-0.25, -0.2) is 4.68 Å². The average molecular weight is 435 g/mol. The Balaban J connectivity index is 1.38. The van der Waals surface area contributed by atoms with Crippen molar-refractivity contribution in [3.8, 4) is 5.69 Å². The van der Waals surface area contributed by atoms with E-state index in [1.54, 1.807) is 33.8 Å². The summed E-state index contributed by atoms with van der Waals surface area (Å²) in [7, 11) is 0. The number of fused-ring (bicyclic) bond motifs is 1. The minimum atomic E-state index is -0.236. The highest BCUT2D eigenvalue weighted by atomic mass is 35.5. The summed E-state index contributed by atoms with van der Waals surface area (Å²) < 4.78 is 1.66. The van der Waals surface area contributed by atoms with Gasteiger partial charge in [0.1, 0.15) is 5.39 Å². The van der Waals surface area contributed by atoms with Gasteiger partial charge in [0.15, 0.2) is 5.65 Å². The normalized spacial score (nSPS) is 14.2. The van der Waals surface area contributed by atoms with Gasteiger partial charge < -0.3 is 9.80 Å². The molecule has 1 aliphatic heterocycles. The molecule has 0 aliphatic carbocycles. The van der Waals surface area contributed by atoms with E-state index >= 15 is 0 Å². The highest BCUT2D eigenvalue weighted by molar-refractivity contribution is 6.30. The molecule has 1 N–H and O–H groups in total. The number of aromatic amines is 1. The zero-order valence-corrected chi connectivity index (χ0v) is 17.3. The molecule has 31 heavy (non-hydrogen) atoms. The Morgan fingerprint density at radius 1 is 1.00 bits per heavy atom. The maximum absolute atomic E-state index is 12.8. The SMILES string of the molecule is O=C(c1cccc(Cl)c1)N1CCN(c2nc3c(cnn3-c3ccccc3)c(=O)[nH]2)CC1. The first-order valence-electron chi connectivity index (χ1n) is 9.93. The van der Waals surface area contributed by atoms with Gasteiger partial charge in [0.25, 0.3) is 11.5 Å². The lowest BCUT2D eigenvalue weighted by Gasteiger charge is -2.35. The molecule has 1 aliphatic rings. The number of hydrogen-bond donors (Lipinski definition) is 1. The van der Waals surface area contributed by atoms with Crippen molar-refractivity contribution in [3.63, 3.8) is 0 Å². The number of amides is 1. The van der Waals surface area contributed by atoms with Crippen molar-refractivity contribution in [1.29, 1.82) is 0 Å². The number of aromatic nitrogens is 4. The van der Waals surface area contributed by atoms with E-state index < -0.39 is 0 Å². The topological polar surface area (TPSA) is 87.1 Å². The van der Waals surface area contributed by atoms with Crippen LogP contribution in [0.15, 0.2) is 65.6 Å². The lowest BCUT2D eigenvalue weighted by molar-refractivity contribution is 0.0746. The van der Waals surface area contributed by atoms with Crippen molar-refractivity contribution < 1.29 is 4.79 Å². The minimum Gasteiger partial charge on any atom is -0.339 e. The summed E-state index contributed by atoms with van der Waals surface area (Å²) in [6.45, 7) is 2.15. The fourth-order valence-corrected chi connectivity index (χ4v) is 3.93. The van der Waals surface area contributed by atoms with Gasteiger partial charge in [0, 0.05) is 36.8 Å². The molecule has 2 aromatic heterocycles. The highest BCUT2D eigenvalue weighted by Gasteiger charge is 2.24. The van der Waals surface area contributed by atoms with Crippen LogP contribution in [0.25, 0.3) is 16.7 Å². The van der Waals surface area contributed by atoms with E-state index in [1.807, 2.05) is 35.2 Å². The summed E-state index contributed by atoms with van der Waals surface area (Å²) in [5.41, 5.74) is 1.67. The second kappa shape index (κ2) is 7.88. The second-order valence-corrected chi connectivity index (χ2v) is 7.74. The molecule has 2 aromatic carbocycles. The second-order valence-electron chi connectivity index (χ2n) is 7.31. The van der Waals surface area contributed by atoms with E-state index in [-0.39, 0.29) is 11.5 Å². The highest BCUT2D eigenvalue weighted by Crippen LogP contribution is 2.18. The molecular weight excluding hydrogens is 416 g/mol. The summed E-state index contributed by atoms with van der Waals surface area (Å²) in [6.07, 6.45) is 1.53. The van der Waals surface area contributed by atoms with Crippen molar-refractivity contribution in [2.24, 2.45) is 0 Å². The molecular formula is C22H19ClN6O2. The summed E-state index contributed by atoms with van der Waals surface area (Å²) >= 11 is 6.01. The Bertz CT molecular complexity index is 1310. The van der Waals surface area contributed by atoms with E-state index in [2.05, 4.69) is 15.1 Å².